The Bertz CT molecular complexity index is 141. The Morgan fingerprint density at radius 3 is 2.45 bits per heavy atom. The van der Waals surface area contributed by atoms with Crippen LogP contribution in [0.1, 0.15) is 19.8 Å². The van der Waals surface area contributed by atoms with E-state index in [4.69, 9.17) is 5.11 Å². The normalized spacial score (nSPS) is 9.27. The Balaban J connectivity index is 3.38. The van der Waals surface area contributed by atoms with Gasteiger partial charge in [-0.05, 0) is 6.92 Å². The molecular formula is C7H12O4. The third-order valence-electron chi connectivity index (χ3n) is 1.09. The molecule has 64 valence electrons. The maximum Gasteiger partial charge on any atom is 0.306 e. The summed E-state index contributed by atoms with van der Waals surface area (Å²) < 4.78 is 4.56. The van der Waals surface area contributed by atoms with Gasteiger partial charge >= 0.3 is 5.97 Å². The predicted molar refractivity (Wildman–Crippen MR) is 38.0 cm³/mol. The van der Waals surface area contributed by atoms with E-state index in [9.17, 15) is 9.59 Å². The van der Waals surface area contributed by atoms with Gasteiger partial charge in [-0.3, -0.25) is 9.59 Å². The van der Waals surface area contributed by atoms with E-state index in [1.54, 1.807) is 6.92 Å². The van der Waals surface area contributed by atoms with Gasteiger partial charge in [-0.1, -0.05) is 0 Å². The SMILES string of the molecule is CCOC(=O)CCC(=O)CO. The molecule has 0 unspecified atom stereocenters. The molecule has 4 heteroatoms. The predicted octanol–water partition coefficient (Wildman–Crippen LogP) is -0.109. The van der Waals surface area contributed by atoms with Crippen molar-refractivity contribution in [3.8, 4) is 0 Å². The van der Waals surface area contributed by atoms with E-state index < -0.39 is 12.6 Å². The highest BCUT2D eigenvalue weighted by molar-refractivity contribution is 5.83. The second-order valence-corrected chi connectivity index (χ2v) is 2.00. The zero-order chi connectivity index (χ0) is 8.69. The molecule has 1 N–H and O–H groups in total. The van der Waals surface area contributed by atoms with Crippen LogP contribution in [-0.2, 0) is 14.3 Å². The van der Waals surface area contributed by atoms with E-state index >= 15 is 0 Å². The maximum atomic E-state index is 10.6. The van der Waals surface area contributed by atoms with Crippen molar-refractivity contribution in [2.24, 2.45) is 0 Å². The molecule has 0 radical (unpaired) electrons. The molecule has 0 amide bonds. The van der Waals surface area contributed by atoms with Crippen LogP contribution in [0.2, 0.25) is 0 Å². The van der Waals surface area contributed by atoms with Gasteiger partial charge in [0.2, 0.25) is 0 Å². The molecule has 4 nitrogen and oxygen atoms in total. The van der Waals surface area contributed by atoms with Crippen LogP contribution in [0.4, 0.5) is 0 Å². The molecule has 11 heavy (non-hydrogen) atoms. The molecule has 0 saturated carbocycles. The number of Topliss-reactive ketones (excluding diaryl/α,β-unsaturated/α-hetero) is 1. The number of carbonyl (C=O) groups is 2. The third-order valence-corrected chi connectivity index (χ3v) is 1.09. The number of ketones is 1. The Kier molecular flexibility index (Phi) is 5.37. The first-order chi connectivity index (χ1) is 5.20. The van der Waals surface area contributed by atoms with Gasteiger partial charge in [0.15, 0.2) is 5.78 Å². The first-order valence-electron chi connectivity index (χ1n) is 3.49. The standard InChI is InChI=1S/C7H12O4/c1-2-11-7(10)4-3-6(9)5-8/h8H,2-5H2,1H3. The van der Waals surface area contributed by atoms with Gasteiger partial charge in [-0.25, -0.2) is 0 Å². The minimum absolute atomic E-state index is 0.0627. The van der Waals surface area contributed by atoms with E-state index in [0.29, 0.717) is 6.61 Å². The van der Waals surface area contributed by atoms with E-state index in [1.807, 2.05) is 0 Å². The fourth-order valence-electron chi connectivity index (χ4n) is 0.554. The fourth-order valence-corrected chi connectivity index (χ4v) is 0.554. The van der Waals surface area contributed by atoms with Crippen molar-refractivity contribution >= 4 is 11.8 Å². The summed E-state index contributed by atoms with van der Waals surface area (Å²) in [6, 6.07) is 0. The van der Waals surface area contributed by atoms with Crippen molar-refractivity contribution in [1.82, 2.24) is 0 Å². The molecule has 0 aliphatic heterocycles. The van der Waals surface area contributed by atoms with Crippen molar-refractivity contribution in [3.63, 3.8) is 0 Å². The van der Waals surface area contributed by atoms with Gasteiger partial charge in [-0.15, -0.1) is 0 Å². The van der Waals surface area contributed by atoms with Crippen LogP contribution in [0, 0.1) is 0 Å². The molecule has 0 atom stereocenters. The Morgan fingerprint density at radius 2 is 2.00 bits per heavy atom. The summed E-state index contributed by atoms with van der Waals surface area (Å²) in [7, 11) is 0. The lowest BCUT2D eigenvalue weighted by atomic mass is 10.2. The van der Waals surface area contributed by atoms with Crippen molar-refractivity contribution in [1.29, 1.82) is 0 Å². The molecule has 0 aromatic carbocycles. The average Bonchev–Trinajstić information content (AvgIpc) is 2.01. The minimum Gasteiger partial charge on any atom is -0.466 e. The Hall–Kier alpha value is -0.900. The summed E-state index contributed by atoms with van der Waals surface area (Å²) in [6.45, 7) is 1.53. The van der Waals surface area contributed by atoms with Crippen LogP contribution >= 0.6 is 0 Å². The number of hydrogen-bond donors (Lipinski definition) is 1. The van der Waals surface area contributed by atoms with Crippen molar-refractivity contribution in [2.75, 3.05) is 13.2 Å². The van der Waals surface area contributed by atoms with E-state index in [0.717, 1.165) is 0 Å². The highest BCUT2D eigenvalue weighted by atomic mass is 16.5. The lowest BCUT2D eigenvalue weighted by Gasteiger charge is -1.98. The molecule has 0 heterocycles. The molecule has 0 aromatic rings. The fraction of sp³-hybridized carbons (Fsp3) is 0.714. The van der Waals surface area contributed by atoms with Crippen LogP contribution in [0.5, 0.6) is 0 Å². The van der Waals surface area contributed by atoms with E-state index in [-0.39, 0.29) is 18.6 Å². The zero-order valence-corrected chi connectivity index (χ0v) is 6.50. The smallest absolute Gasteiger partial charge is 0.306 e. The lowest BCUT2D eigenvalue weighted by Crippen LogP contribution is -2.09. The summed E-state index contributed by atoms with van der Waals surface area (Å²) in [5, 5.41) is 8.28. The highest BCUT2D eigenvalue weighted by Crippen LogP contribution is 1.93. The number of aliphatic hydroxyl groups is 1. The van der Waals surface area contributed by atoms with Gasteiger partial charge in [0.1, 0.15) is 6.61 Å². The second kappa shape index (κ2) is 5.85. The molecule has 0 aromatic heterocycles. The van der Waals surface area contributed by atoms with E-state index in [1.165, 1.54) is 0 Å². The highest BCUT2D eigenvalue weighted by Gasteiger charge is 2.05. The van der Waals surface area contributed by atoms with Gasteiger partial charge in [0.05, 0.1) is 13.0 Å². The number of rotatable bonds is 5. The van der Waals surface area contributed by atoms with Gasteiger partial charge in [-0.2, -0.15) is 0 Å². The average molecular weight is 160 g/mol. The summed E-state index contributed by atoms with van der Waals surface area (Å²) in [6.07, 6.45) is 0.128. The number of carbonyl (C=O) groups excluding carboxylic acids is 2. The molecule has 0 aliphatic rings. The zero-order valence-electron chi connectivity index (χ0n) is 6.50. The van der Waals surface area contributed by atoms with E-state index in [2.05, 4.69) is 4.74 Å². The van der Waals surface area contributed by atoms with Gasteiger partial charge in [0.25, 0.3) is 0 Å². The number of aliphatic hydroxyl groups excluding tert-OH is 1. The van der Waals surface area contributed by atoms with Crippen LogP contribution in [0.25, 0.3) is 0 Å². The molecule has 0 rings (SSSR count). The quantitative estimate of drug-likeness (QED) is 0.570. The van der Waals surface area contributed by atoms with Crippen LogP contribution in [0.15, 0.2) is 0 Å². The maximum absolute atomic E-state index is 10.6. The van der Waals surface area contributed by atoms with Crippen molar-refractivity contribution in [2.45, 2.75) is 19.8 Å². The monoisotopic (exact) mass is 160 g/mol. The minimum atomic E-state index is -0.501. The lowest BCUT2D eigenvalue weighted by molar-refractivity contribution is -0.144. The van der Waals surface area contributed by atoms with Crippen LogP contribution in [0.3, 0.4) is 0 Å². The molecule has 0 spiro atoms. The molecule has 0 fully saturated rings. The molecular weight excluding hydrogens is 148 g/mol. The Labute approximate surface area is 65.2 Å². The third kappa shape index (κ3) is 5.54. The van der Waals surface area contributed by atoms with Gasteiger partial charge in [0, 0.05) is 6.42 Å². The Morgan fingerprint density at radius 1 is 1.36 bits per heavy atom. The summed E-state index contributed by atoms with van der Waals surface area (Å²) in [5.41, 5.74) is 0. The van der Waals surface area contributed by atoms with Crippen molar-refractivity contribution in [3.05, 3.63) is 0 Å². The first kappa shape index (κ1) is 10.1. The number of ether oxygens (including phenoxy) is 1. The topological polar surface area (TPSA) is 63.6 Å². The summed E-state index contributed by atoms with van der Waals surface area (Å²) >= 11 is 0. The van der Waals surface area contributed by atoms with Crippen LogP contribution in [-0.4, -0.2) is 30.1 Å². The van der Waals surface area contributed by atoms with Crippen molar-refractivity contribution < 1.29 is 19.4 Å². The van der Waals surface area contributed by atoms with Crippen LogP contribution < -0.4 is 0 Å². The molecule has 0 saturated heterocycles. The van der Waals surface area contributed by atoms with Gasteiger partial charge < -0.3 is 9.84 Å². The largest absolute Gasteiger partial charge is 0.466 e. The molecule has 0 bridgehead atoms. The number of hydrogen-bond acceptors (Lipinski definition) is 4. The second-order valence-electron chi connectivity index (χ2n) is 2.00. The molecule has 0 aliphatic carbocycles. The first-order valence-corrected chi connectivity index (χ1v) is 3.49. The number of esters is 1. The summed E-state index contributed by atoms with van der Waals surface area (Å²) in [5.74, 6) is -0.729. The summed E-state index contributed by atoms with van der Waals surface area (Å²) in [4.78, 5) is 21.1.